The predicted octanol–water partition coefficient (Wildman–Crippen LogP) is 2.63. The lowest BCUT2D eigenvalue weighted by atomic mass is 9.82. The summed E-state index contributed by atoms with van der Waals surface area (Å²) in [5.74, 6) is 1.19. The summed E-state index contributed by atoms with van der Waals surface area (Å²) in [6.45, 7) is 4.05. The number of halogens is 1. The van der Waals surface area contributed by atoms with Crippen molar-refractivity contribution in [3.63, 3.8) is 0 Å². The maximum absolute atomic E-state index is 14.3. The van der Waals surface area contributed by atoms with E-state index in [9.17, 15) is 4.39 Å². The standard InChI is InChI=1S/C15H19FN2/c16-13-5-4-10-8-17-6-7-18-9-11-2-1-3-12(11)14(13)15(10)18/h4-5,11-12,17H,1-3,6-9H2. The Labute approximate surface area is 107 Å². The first-order chi connectivity index (χ1) is 8.84. The Morgan fingerprint density at radius 1 is 1.28 bits per heavy atom. The molecule has 0 saturated heterocycles. The minimum Gasteiger partial charge on any atom is -0.369 e. The van der Waals surface area contributed by atoms with Crippen molar-refractivity contribution >= 4 is 5.69 Å². The van der Waals surface area contributed by atoms with Crippen molar-refractivity contribution in [2.45, 2.75) is 31.7 Å². The number of nitrogens with zero attached hydrogens (tertiary/aromatic N) is 1. The lowest BCUT2D eigenvalue weighted by Gasteiger charge is -2.39. The number of hydrogen-bond acceptors (Lipinski definition) is 2. The fourth-order valence-corrected chi connectivity index (χ4v) is 4.15. The topological polar surface area (TPSA) is 15.3 Å². The highest BCUT2D eigenvalue weighted by Gasteiger charge is 2.39. The third-order valence-electron chi connectivity index (χ3n) is 4.92. The molecule has 2 heterocycles. The minimum absolute atomic E-state index is 0.0252. The van der Waals surface area contributed by atoms with Crippen molar-refractivity contribution in [3.05, 3.63) is 29.1 Å². The van der Waals surface area contributed by atoms with Gasteiger partial charge in [0, 0.05) is 37.4 Å². The highest BCUT2D eigenvalue weighted by atomic mass is 19.1. The van der Waals surface area contributed by atoms with E-state index < -0.39 is 0 Å². The molecule has 18 heavy (non-hydrogen) atoms. The average molecular weight is 246 g/mol. The largest absolute Gasteiger partial charge is 0.369 e. The normalized spacial score (nSPS) is 29.7. The van der Waals surface area contributed by atoms with Gasteiger partial charge in [0.05, 0.1) is 0 Å². The van der Waals surface area contributed by atoms with E-state index in [0.717, 1.165) is 31.7 Å². The Bertz CT molecular complexity index is 486. The van der Waals surface area contributed by atoms with Crippen molar-refractivity contribution in [2.24, 2.45) is 5.92 Å². The number of fused-ring (bicyclic) bond motifs is 2. The molecule has 96 valence electrons. The lowest BCUT2D eigenvalue weighted by Crippen LogP contribution is -2.38. The van der Waals surface area contributed by atoms with E-state index in [2.05, 4.69) is 10.2 Å². The smallest absolute Gasteiger partial charge is 0.128 e. The summed E-state index contributed by atoms with van der Waals surface area (Å²) in [7, 11) is 0. The van der Waals surface area contributed by atoms with Gasteiger partial charge in [-0.25, -0.2) is 4.39 Å². The molecule has 2 unspecified atom stereocenters. The van der Waals surface area contributed by atoms with E-state index in [-0.39, 0.29) is 5.82 Å². The molecule has 2 aliphatic heterocycles. The van der Waals surface area contributed by atoms with Gasteiger partial charge in [0.2, 0.25) is 0 Å². The molecule has 0 radical (unpaired) electrons. The summed E-state index contributed by atoms with van der Waals surface area (Å²) in [6, 6.07) is 3.65. The molecule has 1 aromatic rings. The molecule has 0 aromatic heterocycles. The van der Waals surface area contributed by atoms with Crippen molar-refractivity contribution < 1.29 is 4.39 Å². The van der Waals surface area contributed by atoms with Gasteiger partial charge in [-0.15, -0.1) is 0 Å². The molecular weight excluding hydrogens is 227 g/mol. The molecule has 1 N–H and O–H groups in total. The Balaban J connectivity index is 1.93. The molecule has 1 aromatic carbocycles. The fraction of sp³-hybridized carbons (Fsp3) is 0.600. The van der Waals surface area contributed by atoms with Crippen molar-refractivity contribution in [1.29, 1.82) is 0 Å². The predicted molar refractivity (Wildman–Crippen MR) is 70.4 cm³/mol. The summed E-state index contributed by atoms with van der Waals surface area (Å²) in [6.07, 6.45) is 3.72. The highest BCUT2D eigenvalue weighted by Crippen LogP contribution is 2.49. The van der Waals surface area contributed by atoms with Crippen LogP contribution in [-0.4, -0.2) is 19.6 Å². The van der Waals surface area contributed by atoms with Crippen LogP contribution in [-0.2, 0) is 6.54 Å². The first-order valence-electron chi connectivity index (χ1n) is 7.11. The lowest BCUT2D eigenvalue weighted by molar-refractivity contribution is 0.436. The Kier molecular flexibility index (Phi) is 2.37. The van der Waals surface area contributed by atoms with Gasteiger partial charge < -0.3 is 10.2 Å². The van der Waals surface area contributed by atoms with Gasteiger partial charge >= 0.3 is 0 Å². The summed E-state index contributed by atoms with van der Waals surface area (Å²) in [5.41, 5.74) is 3.54. The molecule has 2 nitrogen and oxygen atoms in total. The number of anilines is 1. The van der Waals surface area contributed by atoms with Crippen LogP contribution in [0.5, 0.6) is 0 Å². The molecule has 1 aliphatic carbocycles. The molecule has 1 saturated carbocycles. The van der Waals surface area contributed by atoms with Crippen molar-refractivity contribution in [3.8, 4) is 0 Å². The second kappa shape index (κ2) is 3.95. The van der Waals surface area contributed by atoms with Crippen LogP contribution < -0.4 is 10.2 Å². The van der Waals surface area contributed by atoms with E-state index in [0.29, 0.717) is 11.8 Å². The monoisotopic (exact) mass is 246 g/mol. The SMILES string of the molecule is Fc1ccc2c3c1C1CCCC1CN3CCNC2. The van der Waals surface area contributed by atoms with Crippen LogP contribution in [0.25, 0.3) is 0 Å². The summed E-state index contributed by atoms with van der Waals surface area (Å²) in [5, 5.41) is 3.44. The molecule has 2 atom stereocenters. The molecule has 4 rings (SSSR count). The molecule has 0 amide bonds. The van der Waals surface area contributed by atoms with Gasteiger partial charge in [0.15, 0.2) is 0 Å². The zero-order chi connectivity index (χ0) is 12.1. The molecule has 0 spiro atoms. The van der Waals surface area contributed by atoms with E-state index in [1.807, 2.05) is 6.07 Å². The zero-order valence-electron chi connectivity index (χ0n) is 10.6. The third kappa shape index (κ3) is 1.43. The van der Waals surface area contributed by atoms with Crippen LogP contribution in [0.3, 0.4) is 0 Å². The van der Waals surface area contributed by atoms with Crippen LogP contribution in [0.15, 0.2) is 12.1 Å². The van der Waals surface area contributed by atoms with Crippen LogP contribution in [0.2, 0.25) is 0 Å². The maximum Gasteiger partial charge on any atom is 0.128 e. The van der Waals surface area contributed by atoms with Crippen LogP contribution >= 0.6 is 0 Å². The molecular formula is C15H19FN2. The highest BCUT2D eigenvalue weighted by molar-refractivity contribution is 5.64. The van der Waals surface area contributed by atoms with Gasteiger partial charge in [0.1, 0.15) is 5.82 Å². The number of hydrogen-bond donors (Lipinski definition) is 1. The van der Waals surface area contributed by atoms with Gasteiger partial charge in [-0.3, -0.25) is 0 Å². The quantitative estimate of drug-likeness (QED) is 0.757. The molecule has 1 fully saturated rings. The Morgan fingerprint density at radius 2 is 2.22 bits per heavy atom. The van der Waals surface area contributed by atoms with Crippen LogP contribution in [0.1, 0.15) is 36.3 Å². The molecule has 3 heteroatoms. The fourth-order valence-electron chi connectivity index (χ4n) is 4.15. The Morgan fingerprint density at radius 3 is 3.17 bits per heavy atom. The minimum atomic E-state index is 0.0252. The van der Waals surface area contributed by atoms with E-state index in [4.69, 9.17) is 0 Å². The second-order valence-corrected chi connectivity index (χ2v) is 5.89. The second-order valence-electron chi connectivity index (χ2n) is 5.89. The number of nitrogens with one attached hydrogen (secondary N) is 1. The van der Waals surface area contributed by atoms with E-state index in [1.165, 1.54) is 30.5 Å². The van der Waals surface area contributed by atoms with Crippen molar-refractivity contribution in [2.75, 3.05) is 24.5 Å². The Hall–Kier alpha value is -1.09. The van der Waals surface area contributed by atoms with Crippen LogP contribution in [0.4, 0.5) is 10.1 Å². The van der Waals surface area contributed by atoms with Gasteiger partial charge in [-0.2, -0.15) is 0 Å². The summed E-state index contributed by atoms with van der Waals surface area (Å²) >= 11 is 0. The number of rotatable bonds is 0. The van der Waals surface area contributed by atoms with Gasteiger partial charge in [-0.05, 0) is 36.3 Å². The van der Waals surface area contributed by atoms with Gasteiger partial charge in [0.25, 0.3) is 0 Å². The van der Waals surface area contributed by atoms with Crippen LogP contribution in [0, 0.1) is 11.7 Å². The zero-order valence-corrected chi connectivity index (χ0v) is 10.6. The first-order valence-corrected chi connectivity index (χ1v) is 7.11. The molecule has 0 bridgehead atoms. The first kappa shape index (κ1) is 10.8. The van der Waals surface area contributed by atoms with E-state index >= 15 is 0 Å². The maximum atomic E-state index is 14.3. The average Bonchev–Trinajstić information content (AvgIpc) is 2.74. The van der Waals surface area contributed by atoms with E-state index in [1.54, 1.807) is 6.07 Å². The summed E-state index contributed by atoms with van der Waals surface area (Å²) in [4.78, 5) is 2.43. The summed E-state index contributed by atoms with van der Waals surface area (Å²) < 4.78 is 14.3. The number of benzene rings is 1. The van der Waals surface area contributed by atoms with Gasteiger partial charge in [-0.1, -0.05) is 12.5 Å². The third-order valence-corrected chi connectivity index (χ3v) is 4.92. The van der Waals surface area contributed by atoms with Crippen molar-refractivity contribution in [1.82, 2.24) is 5.32 Å². The molecule has 3 aliphatic rings.